The van der Waals surface area contributed by atoms with Crippen LogP contribution in [-0.2, 0) is 11.2 Å². The minimum Gasteiger partial charge on any atom is -0.479 e. The molecule has 1 aromatic carbocycles. The van der Waals surface area contributed by atoms with Gasteiger partial charge in [0.25, 0.3) is 0 Å². The molecule has 0 aliphatic heterocycles. The molecule has 4 nitrogen and oxygen atoms in total. The zero-order valence-corrected chi connectivity index (χ0v) is 10.5. The highest BCUT2D eigenvalue weighted by Crippen LogP contribution is 2.27. The third-order valence-electron chi connectivity index (χ3n) is 2.37. The molecule has 0 fully saturated rings. The van der Waals surface area contributed by atoms with Crippen LogP contribution in [0.3, 0.4) is 0 Å². The van der Waals surface area contributed by atoms with Gasteiger partial charge in [-0.15, -0.1) is 11.3 Å². The second kappa shape index (κ2) is 4.71. The lowest BCUT2D eigenvalue weighted by Gasteiger charge is -2.09. The van der Waals surface area contributed by atoms with E-state index in [-0.39, 0.29) is 0 Å². The van der Waals surface area contributed by atoms with E-state index in [2.05, 4.69) is 11.9 Å². The molecule has 0 amide bonds. The maximum atomic E-state index is 10.7. The third-order valence-corrected chi connectivity index (χ3v) is 3.53. The number of nitrogens with zero attached hydrogens (tertiary/aromatic N) is 1. The summed E-state index contributed by atoms with van der Waals surface area (Å²) in [4.78, 5) is 15.1. The number of aromatic nitrogens is 1. The average molecular weight is 251 g/mol. The molecule has 1 N–H and O–H groups in total. The van der Waals surface area contributed by atoms with Crippen molar-refractivity contribution in [2.45, 2.75) is 26.4 Å². The largest absolute Gasteiger partial charge is 0.479 e. The van der Waals surface area contributed by atoms with Crippen molar-refractivity contribution >= 4 is 27.5 Å². The van der Waals surface area contributed by atoms with E-state index in [9.17, 15) is 4.79 Å². The smallest absolute Gasteiger partial charge is 0.344 e. The summed E-state index contributed by atoms with van der Waals surface area (Å²) in [5.41, 5.74) is 0.933. The van der Waals surface area contributed by atoms with Crippen LogP contribution in [0.2, 0.25) is 0 Å². The Balaban J connectivity index is 2.27. The first-order valence-electron chi connectivity index (χ1n) is 5.39. The van der Waals surface area contributed by atoms with Crippen LogP contribution in [0.1, 0.15) is 18.9 Å². The van der Waals surface area contributed by atoms with Gasteiger partial charge < -0.3 is 9.84 Å². The van der Waals surface area contributed by atoms with E-state index in [0.29, 0.717) is 5.75 Å². The molecule has 0 bridgehead atoms. The molecule has 0 aliphatic rings. The van der Waals surface area contributed by atoms with Crippen LogP contribution in [0.5, 0.6) is 5.75 Å². The Morgan fingerprint density at radius 1 is 1.59 bits per heavy atom. The first-order valence-corrected chi connectivity index (χ1v) is 6.20. The molecule has 5 heteroatoms. The van der Waals surface area contributed by atoms with E-state index >= 15 is 0 Å². The number of hydrogen-bond donors (Lipinski definition) is 1. The number of rotatable bonds is 4. The van der Waals surface area contributed by atoms with E-state index in [0.717, 1.165) is 21.6 Å². The Kier molecular flexibility index (Phi) is 3.28. The van der Waals surface area contributed by atoms with E-state index in [1.165, 1.54) is 6.92 Å². The van der Waals surface area contributed by atoms with Gasteiger partial charge in [0.15, 0.2) is 6.10 Å². The number of thiazole rings is 1. The summed E-state index contributed by atoms with van der Waals surface area (Å²) in [6.45, 7) is 3.57. The van der Waals surface area contributed by atoms with Gasteiger partial charge in [0, 0.05) is 0 Å². The van der Waals surface area contributed by atoms with Crippen molar-refractivity contribution in [2.24, 2.45) is 0 Å². The summed E-state index contributed by atoms with van der Waals surface area (Å²) in [5.74, 6) is -0.401. The molecule has 17 heavy (non-hydrogen) atoms. The topological polar surface area (TPSA) is 59.4 Å². The number of benzene rings is 1. The number of carboxylic acids is 1. The first-order chi connectivity index (χ1) is 8.10. The monoisotopic (exact) mass is 251 g/mol. The fourth-order valence-electron chi connectivity index (χ4n) is 1.43. The Morgan fingerprint density at radius 3 is 3.00 bits per heavy atom. The highest BCUT2D eigenvalue weighted by molar-refractivity contribution is 7.18. The predicted octanol–water partition coefficient (Wildman–Crippen LogP) is 2.71. The zero-order chi connectivity index (χ0) is 12.4. The van der Waals surface area contributed by atoms with Crippen LogP contribution in [0, 0.1) is 0 Å². The molecule has 1 unspecified atom stereocenters. The molecule has 2 aromatic rings. The number of fused-ring (bicyclic) bond motifs is 1. The maximum Gasteiger partial charge on any atom is 0.344 e. The molecule has 0 spiro atoms. The second-order valence-electron chi connectivity index (χ2n) is 3.69. The SMILES string of the molecule is CCc1nc2ccc(OC(C)C(=O)O)cc2s1. The fourth-order valence-corrected chi connectivity index (χ4v) is 2.37. The van der Waals surface area contributed by atoms with Crippen molar-refractivity contribution in [3.05, 3.63) is 23.2 Å². The number of ether oxygens (including phenoxy) is 1. The minimum absolute atomic E-state index is 0.568. The van der Waals surface area contributed by atoms with E-state index in [1.54, 1.807) is 17.4 Å². The predicted molar refractivity (Wildman–Crippen MR) is 66.7 cm³/mol. The number of carbonyl (C=O) groups is 1. The van der Waals surface area contributed by atoms with Crippen molar-refractivity contribution in [2.75, 3.05) is 0 Å². The maximum absolute atomic E-state index is 10.7. The van der Waals surface area contributed by atoms with Crippen LogP contribution in [0.15, 0.2) is 18.2 Å². The highest BCUT2D eigenvalue weighted by atomic mass is 32.1. The van der Waals surface area contributed by atoms with Gasteiger partial charge in [0.2, 0.25) is 0 Å². The van der Waals surface area contributed by atoms with Crippen molar-refractivity contribution in [3.8, 4) is 5.75 Å². The quantitative estimate of drug-likeness (QED) is 0.907. The Labute approximate surface area is 103 Å². The number of hydrogen-bond acceptors (Lipinski definition) is 4. The first kappa shape index (κ1) is 11.9. The molecule has 1 atom stereocenters. The Bertz CT molecular complexity index is 550. The van der Waals surface area contributed by atoms with Gasteiger partial charge in [-0.25, -0.2) is 9.78 Å². The lowest BCUT2D eigenvalue weighted by atomic mass is 10.3. The van der Waals surface area contributed by atoms with E-state index < -0.39 is 12.1 Å². The second-order valence-corrected chi connectivity index (χ2v) is 4.80. The molecule has 90 valence electrons. The summed E-state index contributed by atoms with van der Waals surface area (Å²) in [7, 11) is 0. The molecule has 1 heterocycles. The molecule has 2 rings (SSSR count). The molecule has 0 saturated carbocycles. The van der Waals surface area contributed by atoms with Gasteiger partial charge in [0.1, 0.15) is 5.75 Å². The van der Waals surface area contributed by atoms with Gasteiger partial charge in [0.05, 0.1) is 15.2 Å². The molecule has 0 saturated heterocycles. The summed E-state index contributed by atoms with van der Waals surface area (Å²) in [6, 6.07) is 5.45. The number of aryl methyl sites for hydroxylation is 1. The van der Waals surface area contributed by atoms with Crippen molar-refractivity contribution in [1.82, 2.24) is 4.98 Å². The van der Waals surface area contributed by atoms with Crippen LogP contribution in [0.4, 0.5) is 0 Å². The van der Waals surface area contributed by atoms with Gasteiger partial charge >= 0.3 is 5.97 Å². The third kappa shape index (κ3) is 2.55. The summed E-state index contributed by atoms with van der Waals surface area (Å²) in [6.07, 6.45) is 0.0622. The molecular formula is C12H13NO3S. The zero-order valence-electron chi connectivity index (χ0n) is 9.64. The molecule has 0 radical (unpaired) electrons. The number of carboxylic acid groups (broad SMARTS) is 1. The summed E-state index contributed by atoms with van der Waals surface area (Å²) < 4.78 is 6.33. The fraction of sp³-hybridized carbons (Fsp3) is 0.333. The minimum atomic E-state index is -0.969. The Hall–Kier alpha value is -1.62. The van der Waals surface area contributed by atoms with Crippen LogP contribution >= 0.6 is 11.3 Å². The molecule has 0 aliphatic carbocycles. The Morgan fingerprint density at radius 2 is 2.35 bits per heavy atom. The van der Waals surface area contributed by atoms with Crippen LogP contribution in [-0.4, -0.2) is 22.2 Å². The van der Waals surface area contributed by atoms with Gasteiger partial charge in [-0.2, -0.15) is 0 Å². The van der Waals surface area contributed by atoms with Crippen molar-refractivity contribution < 1.29 is 14.6 Å². The van der Waals surface area contributed by atoms with Gasteiger partial charge in [-0.3, -0.25) is 0 Å². The van der Waals surface area contributed by atoms with E-state index in [4.69, 9.17) is 9.84 Å². The van der Waals surface area contributed by atoms with Gasteiger partial charge in [-0.05, 0) is 31.5 Å². The van der Waals surface area contributed by atoms with Crippen molar-refractivity contribution in [1.29, 1.82) is 0 Å². The number of aliphatic carboxylic acids is 1. The average Bonchev–Trinajstić information content (AvgIpc) is 2.70. The summed E-state index contributed by atoms with van der Waals surface area (Å²) in [5, 5.41) is 9.84. The van der Waals surface area contributed by atoms with Gasteiger partial charge in [-0.1, -0.05) is 6.92 Å². The normalized spacial score (nSPS) is 12.6. The standard InChI is InChI=1S/C12H13NO3S/c1-3-11-13-9-5-4-8(6-10(9)17-11)16-7(2)12(14)15/h4-7H,3H2,1-2H3,(H,14,15). The lowest BCUT2D eigenvalue weighted by molar-refractivity contribution is -0.144. The highest BCUT2D eigenvalue weighted by Gasteiger charge is 2.13. The molecule has 1 aromatic heterocycles. The van der Waals surface area contributed by atoms with Crippen LogP contribution in [0.25, 0.3) is 10.2 Å². The van der Waals surface area contributed by atoms with Crippen LogP contribution < -0.4 is 4.74 Å². The van der Waals surface area contributed by atoms with E-state index in [1.807, 2.05) is 12.1 Å². The lowest BCUT2D eigenvalue weighted by Crippen LogP contribution is -2.22. The summed E-state index contributed by atoms with van der Waals surface area (Å²) >= 11 is 1.61. The van der Waals surface area contributed by atoms with Crippen molar-refractivity contribution in [3.63, 3.8) is 0 Å². The molecular weight excluding hydrogens is 238 g/mol.